The van der Waals surface area contributed by atoms with Gasteiger partial charge in [0.2, 0.25) is 11.8 Å². The molecule has 0 saturated carbocycles. The van der Waals surface area contributed by atoms with Gasteiger partial charge in [0.05, 0.1) is 25.1 Å². The van der Waals surface area contributed by atoms with Crippen LogP contribution in [-0.4, -0.2) is 62.2 Å². The van der Waals surface area contributed by atoms with Gasteiger partial charge in [0.1, 0.15) is 12.4 Å². The van der Waals surface area contributed by atoms with E-state index in [2.05, 4.69) is 5.32 Å². The Morgan fingerprint density at radius 1 is 1.42 bits per heavy atom. The number of carbonyl (C=O) groups is 2. The van der Waals surface area contributed by atoms with Crippen LogP contribution < -0.4 is 15.8 Å². The van der Waals surface area contributed by atoms with Gasteiger partial charge >= 0.3 is 0 Å². The summed E-state index contributed by atoms with van der Waals surface area (Å²) >= 11 is 0. The number of rotatable bonds is 9. The number of nitrogens with zero attached hydrogens (tertiary/aromatic N) is 1. The number of hydrogen-bond donors (Lipinski definition) is 2. The highest BCUT2D eigenvalue weighted by Crippen LogP contribution is 2.13. The van der Waals surface area contributed by atoms with Gasteiger partial charge in [-0.1, -0.05) is 18.2 Å². The van der Waals surface area contributed by atoms with Crippen molar-refractivity contribution in [2.75, 3.05) is 33.4 Å². The lowest BCUT2D eigenvalue weighted by atomic mass is 10.2. The summed E-state index contributed by atoms with van der Waals surface area (Å²) in [6.45, 7) is 1.72. The van der Waals surface area contributed by atoms with E-state index in [0.29, 0.717) is 26.1 Å². The first kappa shape index (κ1) is 18.2. The van der Waals surface area contributed by atoms with Gasteiger partial charge in [-0.15, -0.1) is 0 Å². The minimum absolute atomic E-state index is 0.0269. The average molecular weight is 335 g/mol. The van der Waals surface area contributed by atoms with Gasteiger partial charge in [0, 0.05) is 26.6 Å². The third-order valence-electron chi connectivity index (χ3n) is 3.96. The Bertz CT molecular complexity index is 534. The maximum atomic E-state index is 12.0. The summed E-state index contributed by atoms with van der Waals surface area (Å²) < 4.78 is 10.7. The van der Waals surface area contributed by atoms with Crippen LogP contribution in [0, 0.1) is 0 Å². The molecular weight excluding hydrogens is 310 g/mol. The molecule has 24 heavy (non-hydrogen) atoms. The zero-order valence-corrected chi connectivity index (χ0v) is 13.9. The van der Waals surface area contributed by atoms with Crippen molar-refractivity contribution in [3.8, 4) is 5.75 Å². The maximum absolute atomic E-state index is 12.0. The SMILES string of the molecule is COC(CN)CC(=O)NC1CC(=O)N(CCOc2ccccc2)C1. The number of para-hydroxylation sites is 1. The Hall–Kier alpha value is -2.12. The van der Waals surface area contributed by atoms with Crippen molar-refractivity contribution < 1.29 is 19.1 Å². The minimum Gasteiger partial charge on any atom is -0.492 e. The highest BCUT2D eigenvalue weighted by molar-refractivity contribution is 5.82. The van der Waals surface area contributed by atoms with E-state index in [1.54, 1.807) is 4.90 Å². The largest absolute Gasteiger partial charge is 0.492 e. The summed E-state index contributed by atoms with van der Waals surface area (Å²) in [6.07, 6.45) is 0.226. The zero-order valence-electron chi connectivity index (χ0n) is 13.9. The molecule has 1 fully saturated rings. The predicted octanol–water partition coefficient (Wildman–Crippen LogP) is 0.146. The number of likely N-dealkylation sites (tertiary alicyclic amines) is 1. The fourth-order valence-electron chi connectivity index (χ4n) is 2.63. The molecule has 1 saturated heterocycles. The fourth-order valence-corrected chi connectivity index (χ4v) is 2.63. The lowest BCUT2D eigenvalue weighted by Crippen LogP contribution is -2.40. The lowest BCUT2D eigenvalue weighted by Gasteiger charge is -2.18. The van der Waals surface area contributed by atoms with Crippen molar-refractivity contribution in [2.24, 2.45) is 5.73 Å². The second-order valence-corrected chi connectivity index (χ2v) is 5.77. The summed E-state index contributed by atoms with van der Waals surface area (Å²) in [5, 5.41) is 2.87. The first-order valence-corrected chi connectivity index (χ1v) is 8.10. The molecule has 2 rings (SSSR count). The van der Waals surface area contributed by atoms with Gasteiger partial charge in [0.25, 0.3) is 0 Å². The summed E-state index contributed by atoms with van der Waals surface area (Å²) in [7, 11) is 1.53. The smallest absolute Gasteiger partial charge is 0.224 e. The number of ether oxygens (including phenoxy) is 2. The van der Waals surface area contributed by atoms with Crippen LogP contribution in [0.1, 0.15) is 12.8 Å². The van der Waals surface area contributed by atoms with Crippen LogP contribution in [0.4, 0.5) is 0 Å². The summed E-state index contributed by atoms with van der Waals surface area (Å²) in [5.74, 6) is 0.660. The molecule has 2 atom stereocenters. The van der Waals surface area contributed by atoms with E-state index < -0.39 is 0 Å². The van der Waals surface area contributed by atoms with E-state index in [1.807, 2.05) is 30.3 Å². The predicted molar refractivity (Wildman–Crippen MR) is 89.5 cm³/mol. The van der Waals surface area contributed by atoms with Gasteiger partial charge in [-0.3, -0.25) is 9.59 Å². The van der Waals surface area contributed by atoms with Crippen molar-refractivity contribution in [3.05, 3.63) is 30.3 Å². The van der Waals surface area contributed by atoms with E-state index in [9.17, 15) is 9.59 Å². The van der Waals surface area contributed by atoms with E-state index >= 15 is 0 Å². The molecule has 2 amide bonds. The Balaban J connectivity index is 1.71. The molecule has 1 aliphatic rings. The van der Waals surface area contributed by atoms with Crippen LogP contribution in [-0.2, 0) is 14.3 Å². The Labute approximate surface area is 142 Å². The van der Waals surface area contributed by atoms with Crippen molar-refractivity contribution >= 4 is 11.8 Å². The van der Waals surface area contributed by atoms with E-state index in [0.717, 1.165) is 5.75 Å². The van der Waals surface area contributed by atoms with Crippen molar-refractivity contribution in [1.82, 2.24) is 10.2 Å². The number of benzene rings is 1. The fraction of sp³-hybridized carbons (Fsp3) is 0.529. The Morgan fingerprint density at radius 2 is 2.17 bits per heavy atom. The molecule has 132 valence electrons. The molecule has 0 aliphatic carbocycles. The third kappa shape index (κ3) is 5.50. The molecule has 7 nitrogen and oxygen atoms in total. The first-order valence-electron chi connectivity index (χ1n) is 8.10. The average Bonchev–Trinajstić information content (AvgIpc) is 2.93. The van der Waals surface area contributed by atoms with Gasteiger partial charge < -0.3 is 25.4 Å². The van der Waals surface area contributed by atoms with E-state index in [-0.39, 0.29) is 36.9 Å². The monoisotopic (exact) mass is 335 g/mol. The number of carbonyl (C=O) groups excluding carboxylic acids is 2. The summed E-state index contributed by atoms with van der Waals surface area (Å²) in [4.78, 5) is 25.7. The first-order chi connectivity index (χ1) is 11.6. The van der Waals surface area contributed by atoms with Crippen LogP contribution >= 0.6 is 0 Å². The lowest BCUT2D eigenvalue weighted by molar-refractivity contribution is -0.128. The normalized spacial score (nSPS) is 18.5. The standard InChI is InChI=1S/C17H25N3O4/c1-23-15(11-18)10-16(21)19-13-9-17(22)20(12-13)7-8-24-14-5-3-2-4-6-14/h2-6,13,15H,7-12,18H2,1H3,(H,19,21). The summed E-state index contributed by atoms with van der Waals surface area (Å²) in [5.41, 5.74) is 5.51. The second-order valence-electron chi connectivity index (χ2n) is 5.77. The molecule has 0 aromatic heterocycles. The Morgan fingerprint density at radius 3 is 2.83 bits per heavy atom. The molecule has 0 bridgehead atoms. The third-order valence-corrected chi connectivity index (χ3v) is 3.96. The van der Waals surface area contributed by atoms with E-state index in [4.69, 9.17) is 15.2 Å². The van der Waals surface area contributed by atoms with Gasteiger partial charge in [-0.2, -0.15) is 0 Å². The molecule has 2 unspecified atom stereocenters. The highest BCUT2D eigenvalue weighted by Gasteiger charge is 2.30. The van der Waals surface area contributed by atoms with Crippen LogP contribution in [0.3, 0.4) is 0 Å². The van der Waals surface area contributed by atoms with Crippen molar-refractivity contribution in [3.63, 3.8) is 0 Å². The number of nitrogens with two attached hydrogens (primary N) is 1. The van der Waals surface area contributed by atoms with E-state index in [1.165, 1.54) is 7.11 Å². The molecule has 3 N–H and O–H groups in total. The number of methoxy groups -OCH3 is 1. The molecule has 0 spiro atoms. The van der Waals surface area contributed by atoms with Crippen molar-refractivity contribution in [2.45, 2.75) is 25.0 Å². The molecule has 1 heterocycles. The molecule has 7 heteroatoms. The van der Waals surface area contributed by atoms with Crippen LogP contribution in [0.15, 0.2) is 30.3 Å². The quantitative estimate of drug-likeness (QED) is 0.670. The molecule has 0 radical (unpaired) electrons. The topological polar surface area (TPSA) is 93.9 Å². The number of amides is 2. The maximum Gasteiger partial charge on any atom is 0.224 e. The Kier molecular flexibility index (Phi) is 7.02. The van der Waals surface area contributed by atoms with Gasteiger partial charge in [0.15, 0.2) is 0 Å². The molecular formula is C17H25N3O4. The molecule has 1 aromatic rings. The zero-order chi connectivity index (χ0) is 17.4. The highest BCUT2D eigenvalue weighted by atomic mass is 16.5. The summed E-state index contributed by atoms with van der Waals surface area (Å²) in [6, 6.07) is 9.30. The van der Waals surface area contributed by atoms with Crippen LogP contribution in [0.5, 0.6) is 5.75 Å². The minimum atomic E-state index is -0.294. The van der Waals surface area contributed by atoms with Gasteiger partial charge in [-0.25, -0.2) is 0 Å². The number of nitrogens with one attached hydrogen (secondary N) is 1. The second kappa shape index (κ2) is 9.24. The molecule has 1 aliphatic heterocycles. The number of hydrogen-bond acceptors (Lipinski definition) is 5. The van der Waals surface area contributed by atoms with Crippen molar-refractivity contribution in [1.29, 1.82) is 0 Å². The molecule has 1 aromatic carbocycles. The van der Waals surface area contributed by atoms with Crippen LogP contribution in [0.2, 0.25) is 0 Å². The van der Waals surface area contributed by atoms with Crippen LogP contribution in [0.25, 0.3) is 0 Å². The van der Waals surface area contributed by atoms with Gasteiger partial charge in [-0.05, 0) is 12.1 Å².